The van der Waals surface area contributed by atoms with E-state index in [9.17, 15) is 31.9 Å². The highest BCUT2D eigenvalue weighted by Crippen LogP contribution is 2.46. The number of primary amides is 1. The Labute approximate surface area is 359 Å². The summed E-state index contributed by atoms with van der Waals surface area (Å²) in [6, 6.07) is 8.64. The van der Waals surface area contributed by atoms with E-state index < -0.39 is 41.3 Å². The number of aromatic nitrogens is 4. The Bertz CT molecular complexity index is 2530. The summed E-state index contributed by atoms with van der Waals surface area (Å²) in [5, 5.41) is 11.1. The Morgan fingerprint density at radius 1 is 0.619 bits per heavy atom. The number of benzene rings is 2. The van der Waals surface area contributed by atoms with E-state index in [-0.39, 0.29) is 40.5 Å². The topological polar surface area (TPSA) is 171 Å². The molecule has 324 valence electrons. The van der Waals surface area contributed by atoms with Crippen molar-refractivity contribution in [3.63, 3.8) is 0 Å². The van der Waals surface area contributed by atoms with Gasteiger partial charge in [-0.15, -0.1) is 4.98 Å². The first-order valence-electron chi connectivity index (χ1n) is 20.9. The number of hydrazone groups is 2. The van der Waals surface area contributed by atoms with Crippen LogP contribution in [0.15, 0.2) is 71.4 Å². The van der Waals surface area contributed by atoms with Gasteiger partial charge in [0.15, 0.2) is 0 Å². The third kappa shape index (κ3) is 8.29. The van der Waals surface area contributed by atoms with Crippen molar-refractivity contribution in [2.24, 2.45) is 51.4 Å². The van der Waals surface area contributed by atoms with Gasteiger partial charge in [-0.3, -0.25) is 14.4 Å². The molecule has 2 saturated carbocycles. The average molecular weight is 863 g/mol. The number of nitrogens with zero attached hydrogens (tertiary/aromatic N) is 11. The number of nitrogens with two attached hydrogens (primary N) is 1. The zero-order chi connectivity index (χ0) is 43.9. The maximum Gasteiger partial charge on any atom is 0.274 e. The lowest BCUT2D eigenvalue weighted by Gasteiger charge is -2.26. The molecule has 0 radical (unpaired) electrons. The first kappa shape index (κ1) is 41.5. The lowest BCUT2D eigenvalue weighted by molar-refractivity contribution is -0.138. The summed E-state index contributed by atoms with van der Waals surface area (Å²) in [5.41, 5.74) is 5.79. The fourth-order valence-electron chi connectivity index (χ4n) is 10.3. The van der Waals surface area contributed by atoms with Crippen molar-refractivity contribution >= 4 is 47.6 Å². The lowest BCUT2D eigenvalue weighted by atomic mass is 10.00. The van der Waals surface area contributed by atoms with Gasteiger partial charge >= 0.3 is 0 Å². The van der Waals surface area contributed by atoms with E-state index >= 15 is 0 Å². The van der Waals surface area contributed by atoms with Gasteiger partial charge in [-0.2, -0.15) is 15.2 Å². The molecule has 4 fully saturated rings. The van der Waals surface area contributed by atoms with Crippen LogP contribution in [-0.2, 0) is 9.59 Å². The van der Waals surface area contributed by atoms with Crippen LogP contribution in [0.1, 0.15) is 72.2 Å². The van der Waals surface area contributed by atoms with Gasteiger partial charge in [-0.1, -0.05) is 6.57 Å². The molecule has 6 aliphatic rings. The minimum Gasteiger partial charge on any atom is -0.364 e. The predicted molar refractivity (Wildman–Crippen MR) is 221 cm³/mol. The molecule has 2 aromatic carbocycles. The van der Waals surface area contributed by atoms with E-state index in [4.69, 9.17) is 12.3 Å². The molecule has 6 unspecified atom stereocenters. The van der Waals surface area contributed by atoms with Gasteiger partial charge in [0.05, 0.1) is 12.1 Å². The third-order valence-electron chi connectivity index (χ3n) is 13.3. The van der Waals surface area contributed by atoms with Crippen LogP contribution in [-0.4, -0.2) is 86.3 Å². The smallest absolute Gasteiger partial charge is 0.274 e. The lowest BCUT2D eigenvalue weighted by Crippen LogP contribution is -2.33. The normalized spacial score (nSPS) is 26.7. The molecule has 2 saturated heterocycles. The zero-order valence-electron chi connectivity index (χ0n) is 33.9. The monoisotopic (exact) mass is 862 g/mol. The van der Waals surface area contributed by atoms with E-state index in [2.05, 4.69) is 44.8 Å². The summed E-state index contributed by atoms with van der Waals surface area (Å²) in [4.78, 5) is 61.8. The summed E-state index contributed by atoms with van der Waals surface area (Å²) >= 11 is 0. The van der Waals surface area contributed by atoms with E-state index in [1.54, 1.807) is 24.6 Å². The molecule has 15 nitrogen and oxygen atoms in total. The van der Waals surface area contributed by atoms with Gasteiger partial charge < -0.3 is 20.4 Å². The number of rotatable bonds is 7. The minimum atomic E-state index is -0.622. The standard InChI is InChI=1S/C22H22F2N6O2.C22H20F2N6O/c23-15-1-2-17(24)16(7-15)19-3-4-28-30(19)22(32)12-5-13-9-29(10-14(13)6-12)20-8-18(21(25)31)26-11-27-20;1-25-20-9-21(27-12-26-20)29-10-14-6-13(7-15(14)11-29)22(31)30-19(4-5-28-30)17-8-16(23)2-3-18(17)24/h1-2,4,7-8,11-14,19H,3,5-6,9-10H2,(H2,25,31);2-3,5,8-9,12-15,19H,4,6-7,10-11H2. The van der Waals surface area contributed by atoms with Gasteiger partial charge in [0.2, 0.25) is 18.1 Å². The van der Waals surface area contributed by atoms with Crippen molar-refractivity contribution in [1.29, 1.82) is 0 Å². The van der Waals surface area contributed by atoms with Gasteiger partial charge in [-0.05, 0) is 85.8 Å². The Morgan fingerprint density at radius 3 is 1.51 bits per heavy atom. The van der Waals surface area contributed by atoms with Crippen LogP contribution < -0.4 is 15.5 Å². The number of anilines is 2. The van der Waals surface area contributed by atoms with E-state index in [0.717, 1.165) is 81.2 Å². The van der Waals surface area contributed by atoms with Crippen LogP contribution in [0.3, 0.4) is 0 Å². The third-order valence-corrected chi connectivity index (χ3v) is 13.3. The average Bonchev–Trinajstić information content (AvgIpc) is 4.15. The fraction of sp³-hybridized carbons (Fsp3) is 0.409. The molecule has 19 heteroatoms. The number of halogens is 4. The number of hydrogen-bond donors (Lipinski definition) is 1. The summed E-state index contributed by atoms with van der Waals surface area (Å²) in [5.74, 6) is -0.427. The molecule has 63 heavy (non-hydrogen) atoms. The Morgan fingerprint density at radius 2 is 1.06 bits per heavy atom. The predicted octanol–water partition coefficient (Wildman–Crippen LogP) is 6.00. The summed E-state index contributed by atoms with van der Waals surface area (Å²) < 4.78 is 55.9. The Balaban J connectivity index is 0.000000160. The summed E-state index contributed by atoms with van der Waals surface area (Å²) in [6.45, 7) is 10.1. The SMILES string of the molecule is NC(=O)c1cc(N2CC3CC(C(=O)N4N=CCC4c4cc(F)ccc4F)CC3C2)ncn1.[C-]#[N+]c1cc(N2CC3CC(C(=O)N4N=CCC4c4cc(F)ccc4F)CC3C2)ncn1. The number of carbonyl (C=O) groups excluding carboxylic acids is 3. The molecule has 4 aromatic rings. The van der Waals surface area contributed by atoms with Crippen molar-refractivity contribution in [3.05, 3.63) is 113 Å². The quantitative estimate of drug-likeness (QED) is 0.173. The van der Waals surface area contributed by atoms with Crippen molar-refractivity contribution in [2.75, 3.05) is 36.0 Å². The van der Waals surface area contributed by atoms with E-state index in [1.165, 1.54) is 22.7 Å². The highest BCUT2D eigenvalue weighted by molar-refractivity contribution is 5.91. The van der Waals surface area contributed by atoms with Gasteiger partial charge in [0.25, 0.3) is 11.7 Å². The molecule has 2 N–H and O–H groups in total. The van der Waals surface area contributed by atoms with Crippen LogP contribution in [0.5, 0.6) is 0 Å². The first-order valence-corrected chi connectivity index (χ1v) is 20.9. The maximum absolute atomic E-state index is 14.3. The molecule has 2 aliphatic carbocycles. The molecule has 0 bridgehead atoms. The molecule has 10 rings (SSSR count). The highest BCUT2D eigenvalue weighted by atomic mass is 19.1. The minimum absolute atomic E-state index is 0.124. The van der Waals surface area contributed by atoms with Crippen molar-refractivity contribution < 1.29 is 31.9 Å². The van der Waals surface area contributed by atoms with Crippen LogP contribution in [0, 0.1) is 65.3 Å². The first-order chi connectivity index (χ1) is 30.4. The molecule has 4 aliphatic heterocycles. The van der Waals surface area contributed by atoms with Crippen LogP contribution >= 0.6 is 0 Å². The molecule has 6 heterocycles. The van der Waals surface area contributed by atoms with E-state index in [0.29, 0.717) is 61.0 Å². The second kappa shape index (κ2) is 17.1. The van der Waals surface area contributed by atoms with Gasteiger partial charge in [0.1, 0.15) is 46.9 Å². The number of fused-ring (bicyclic) bond motifs is 2. The van der Waals surface area contributed by atoms with Gasteiger partial charge in [-0.25, -0.2) is 37.5 Å². The van der Waals surface area contributed by atoms with Crippen LogP contribution in [0.25, 0.3) is 4.85 Å². The summed E-state index contributed by atoms with van der Waals surface area (Å²) in [6.07, 6.45) is 9.47. The maximum atomic E-state index is 14.3. The van der Waals surface area contributed by atoms with Gasteiger partial charge in [0, 0.05) is 86.5 Å². The van der Waals surface area contributed by atoms with Crippen molar-refractivity contribution in [3.8, 4) is 0 Å². The Kier molecular flexibility index (Phi) is 11.3. The second-order valence-corrected chi connectivity index (χ2v) is 17.0. The van der Waals surface area contributed by atoms with Crippen molar-refractivity contribution in [2.45, 2.75) is 50.6 Å². The molecular formula is C44H42F4N12O3. The number of hydrogen-bond acceptors (Lipinski definition) is 11. The number of amides is 3. The molecule has 2 aromatic heterocycles. The molecular weight excluding hydrogens is 821 g/mol. The van der Waals surface area contributed by atoms with E-state index in [1.807, 2.05) is 0 Å². The van der Waals surface area contributed by atoms with Crippen LogP contribution in [0.4, 0.5) is 35.0 Å². The van der Waals surface area contributed by atoms with Crippen LogP contribution in [0.2, 0.25) is 0 Å². The second-order valence-electron chi connectivity index (χ2n) is 17.0. The molecule has 0 spiro atoms. The highest BCUT2D eigenvalue weighted by Gasteiger charge is 2.48. The molecule has 3 amide bonds. The molecule has 6 atom stereocenters. The zero-order valence-corrected chi connectivity index (χ0v) is 33.9. The summed E-state index contributed by atoms with van der Waals surface area (Å²) in [7, 11) is 0. The largest absolute Gasteiger partial charge is 0.364 e. The Hall–Kier alpha value is -6.84. The fourth-order valence-corrected chi connectivity index (χ4v) is 10.3. The van der Waals surface area contributed by atoms with Crippen molar-refractivity contribution in [1.82, 2.24) is 30.0 Å². The number of carbonyl (C=O) groups is 3.